The van der Waals surface area contributed by atoms with Gasteiger partial charge in [0.25, 0.3) is 11.5 Å². The highest BCUT2D eigenvalue weighted by Crippen LogP contribution is 2.07. The number of hydrogen-bond donors (Lipinski definition) is 2. The molecule has 0 aliphatic carbocycles. The Morgan fingerprint density at radius 3 is 2.78 bits per heavy atom. The zero-order valence-corrected chi connectivity index (χ0v) is 11.3. The molecule has 0 radical (unpaired) electrons. The van der Waals surface area contributed by atoms with Gasteiger partial charge < -0.3 is 15.2 Å². The van der Waals surface area contributed by atoms with Crippen LogP contribution in [-0.2, 0) is 0 Å². The molecule has 0 spiro atoms. The standard InChI is InChI=1S/C12H17N3O2.ClH/c1-8-3-4-10(11(16)14-8)12(17)15-6-5-13-7-9(15)2;/h3-4,9,13H,5-7H2,1-2H3,(H,14,16);1H/t9-;/m1./s1. The summed E-state index contributed by atoms with van der Waals surface area (Å²) in [6, 6.07) is 3.48. The molecule has 1 aliphatic heterocycles. The van der Waals surface area contributed by atoms with Crippen LogP contribution in [0.2, 0.25) is 0 Å². The highest BCUT2D eigenvalue weighted by atomic mass is 35.5. The topological polar surface area (TPSA) is 65.2 Å². The molecule has 1 fully saturated rings. The third-order valence-electron chi connectivity index (χ3n) is 3.05. The molecule has 0 aromatic carbocycles. The van der Waals surface area contributed by atoms with Gasteiger partial charge in [0.05, 0.1) is 0 Å². The molecular weight excluding hydrogens is 254 g/mol. The monoisotopic (exact) mass is 271 g/mol. The summed E-state index contributed by atoms with van der Waals surface area (Å²) in [5.74, 6) is -0.180. The smallest absolute Gasteiger partial charge is 0.260 e. The lowest BCUT2D eigenvalue weighted by atomic mass is 10.1. The number of carbonyl (C=O) groups excluding carboxylic acids is 1. The van der Waals surface area contributed by atoms with Crippen molar-refractivity contribution in [3.8, 4) is 0 Å². The highest BCUT2D eigenvalue weighted by molar-refractivity contribution is 5.94. The van der Waals surface area contributed by atoms with Crippen LogP contribution in [0.3, 0.4) is 0 Å². The average molecular weight is 272 g/mol. The summed E-state index contributed by atoms with van der Waals surface area (Å²) in [4.78, 5) is 28.3. The quantitative estimate of drug-likeness (QED) is 0.784. The lowest BCUT2D eigenvalue weighted by Gasteiger charge is -2.33. The van der Waals surface area contributed by atoms with Gasteiger partial charge in [0.15, 0.2) is 0 Å². The molecule has 1 saturated heterocycles. The van der Waals surface area contributed by atoms with Gasteiger partial charge >= 0.3 is 0 Å². The predicted molar refractivity (Wildman–Crippen MR) is 72.4 cm³/mol. The van der Waals surface area contributed by atoms with E-state index >= 15 is 0 Å². The van der Waals surface area contributed by atoms with E-state index in [1.54, 1.807) is 24.0 Å². The van der Waals surface area contributed by atoms with E-state index in [0.29, 0.717) is 6.54 Å². The van der Waals surface area contributed by atoms with Gasteiger partial charge in [-0.05, 0) is 26.0 Å². The molecule has 0 bridgehead atoms. The summed E-state index contributed by atoms with van der Waals surface area (Å²) in [6.07, 6.45) is 0. The van der Waals surface area contributed by atoms with Crippen molar-refractivity contribution in [2.75, 3.05) is 19.6 Å². The summed E-state index contributed by atoms with van der Waals surface area (Å²) in [7, 11) is 0. The number of amides is 1. The van der Waals surface area contributed by atoms with E-state index in [9.17, 15) is 9.59 Å². The Bertz CT molecular complexity index is 486. The third-order valence-corrected chi connectivity index (χ3v) is 3.05. The number of aryl methyl sites for hydroxylation is 1. The van der Waals surface area contributed by atoms with Gasteiger partial charge in [-0.2, -0.15) is 0 Å². The van der Waals surface area contributed by atoms with Crippen LogP contribution in [0.5, 0.6) is 0 Å². The molecule has 1 aromatic rings. The summed E-state index contributed by atoms with van der Waals surface area (Å²) < 4.78 is 0. The van der Waals surface area contributed by atoms with Crippen molar-refractivity contribution in [1.29, 1.82) is 0 Å². The van der Waals surface area contributed by atoms with Crippen LogP contribution in [0.1, 0.15) is 23.0 Å². The maximum atomic E-state index is 12.2. The Labute approximate surface area is 112 Å². The van der Waals surface area contributed by atoms with E-state index < -0.39 is 0 Å². The third kappa shape index (κ3) is 2.91. The van der Waals surface area contributed by atoms with Crippen molar-refractivity contribution in [2.45, 2.75) is 19.9 Å². The van der Waals surface area contributed by atoms with Gasteiger partial charge in [-0.15, -0.1) is 12.4 Å². The van der Waals surface area contributed by atoms with Crippen molar-refractivity contribution in [3.05, 3.63) is 33.7 Å². The number of nitrogens with zero attached hydrogens (tertiary/aromatic N) is 1. The fourth-order valence-electron chi connectivity index (χ4n) is 2.04. The Hall–Kier alpha value is -1.33. The van der Waals surface area contributed by atoms with E-state index in [4.69, 9.17) is 0 Å². The Morgan fingerprint density at radius 2 is 2.17 bits per heavy atom. The summed E-state index contributed by atoms with van der Waals surface area (Å²) >= 11 is 0. The second-order valence-electron chi connectivity index (χ2n) is 4.44. The minimum Gasteiger partial charge on any atom is -0.333 e. The molecule has 2 heterocycles. The fraction of sp³-hybridized carbons (Fsp3) is 0.500. The number of rotatable bonds is 1. The molecule has 1 aromatic heterocycles. The van der Waals surface area contributed by atoms with E-state index in [2.05, 4.69) is 10.3 Å². The van der Waals surface area contributed by atoms with Crippen molar-refractivity contribution < 1.29 is 4.79 Å². The number of aromatic nitrogens is 1. The molecule has 2 rings (SSSR count). The van der Waals surface area contributed by atoms with E-state index in [1.807, 2.05) is 6.92 Å². The van der Waals surface area contributed by atoms with Crippen LogP contribution in [0.4, 0.5) is 0 Å². The van der Waals surface area contributed by atoms with Gasteiger partial charge in [-0.3, -0.25) is 9.59 Å². The van der Waals surface area contributed by atoms with Crippen LogP contribution < -0.4 is 10.9 Å². The maximum absolute atomic E-state index is 12.2. The maximum Gasteiger partial charge on any atom is 0.260 e. The predicted octanol–water partition coefficient (Wildman–Crippen LogP) is 0.539. The number of H-pyrrole nitrogens is 1. The Kier molecular flexibility index (Phi) is 4.93. The Balaban J connectivity index is 0.00000162. The molecule has 1 amide bonds. The molecule has 1 atom stereocenters. The van der Waals surface area contributed by atoms with Gasteiger partial charge in [-0.25, -0.2) is 0 Å². The molecule has 6 heteroatoms. The highest BCUT2D eigenvalue weighted by Gasteiger charge is 2.25. The first-order valence-corrected chi connectivity index (χ1v) is 5.81. The number of aromatic amines is 1. The Morgan fingerprint density at radius 1 is 1.44 bits per heavy atom. The van der Waals surface area contributed by atoms with Gasteiger partial charge in [0, 0.05) is 31.4 Å². The van der Waals surface area contributed by atoms with Crippen LogP contribution in [0.25, 0.3) is 0 Å². The number of halogens is 1. The van der Waals surface area contributed by atoms with Crippen LogP contribution >= 0.6 is 12.4 Å². The van der Waals surface area contributed by atoms with E-state index in [1.165, 1.54) is 0 Å². The lowest BCUT2D eigenvalue weighted by Crippen LogP contribution is -2.53. The van der Waals surface area contributed by atoms with E-state index in [0.717, 1.165) is 18.8 Å². The lowest BCUT2D eigenvalue weighted by molar-refractivity contribution is 0.0654. The molecule has 1 aliphatic rings. The van der Waals surface area contributed by atoms with Crippen molar-refractivity contribution in [3.63, 3.8) is 0 Å². The minimum atomic E-state index is -0.305. The molecule has 0 unspecified atom stereocenters. The fourth-order valence-corrected chi connectivity index (χ4v) is 2.04. The first-order chi connectivity index (χ1) is 8.09. The summed E-state index contributed by atoms with van der Waals surface area (Å²) in [5, 5.41) is 3.21. The molecule has 5 nitrogen and oxygen atoms in total. The van der Waals surface area contributed by atoms with Crippen LogP contribution in [0.15, 0.2) is 16.9 Å². The zero-order valence-electron chi connectivity index (χ0n) is 10.5. The first-order valence-electron chi connectivity index (χ1n) is 5.81. The van der Waals surface area contributed by atoms with Gasteiger partial charge in [-0.1, -0.05) is 0 Å². The van der Waals surface area contributed by atoms with Crippen LogP contribution in [-0.4, -0.2) is 41.5 Å². The second-order valence-corrected chi connectivity index (χ2v) is 4.44. The zero-order chi connectivity index (χ0) is 12.4. The number of pyridine rings is 1. The molecule has 0 saturated carbocycles. The minimum absolute atomic E-state index is 0. The number of hydrogen-bond acceptors (Lipinski definition) is 3. The normalized spacial score (nSPS) is 19.2. The number of carbonyl (C=O) groups is 1. The van der Waals surface area contributed by atoms with Crippen molar-refractivity contribution >= 4 is 18.3 Å². The largest absolute Gasteiger partial charge is 0.333 e. The molecule has 2 N–H and O–H groups in total. The second kappa shape index (κ2) is 6.02. The van der Waals surface area contributed by atoms with E-state index in [-0.39, 0.29) is 35.5 Å². The SMILES string of the molecule is Cc1ccc(C(=O)N2CCNC[C@H]2C)c(=O)[nH]1.Cl. The summed E-state index contributed by atoms with van der Waals surface area (Å²) in [6.45, 7) is 5.97. The average Bonchev–Trinajstić information content (AvgIpc) is 2.29. The molecule has 100 valence electrons. The van der Waals surface area contributed by atoms with Crippen LogP contribution in [0, 0.1) is 6.92 Å². The molecule has 18 heavy (non-hydrogen) atoms. The van der Waals surface area contributed by atoms with Gasteiger partial charge in [0.2, 0.25) is 0 Å². The summed E-state index contributed by atoms with van der Waals surface area (Å²) in [5.41, 5.74) is 0.685. The first kappa shape index (κ1) is 14.7. The number of nitrogens with one attached hydrogen (secondary N) is 2. The molecular formula is C12H18ClN3O2. The number of piperazine rings is 1. The van der Waals surface area contributed by atoms with Crippen molar-refractivity contribution in [1.82, 2.24) is 15.2 Å². The van der Waals surface area contributed by atoms with Gasteiger partial charge in [0.1, 0.15) is 5.56 Å². The van der Waals surface area contributed by atoms with Crippen molar-refractivity contribution in [2.24, 2.45) is 0 Å².